The Hall–Kier alpha value is -0.980. The van der Waals surface area contributed by atoms with Crippen LogP contribution in [-0.2, 0) is 0 Å². The lowest BCUT2D eigenvalue weighted by molar-refractivity contribution is 0.156. The van der Waals surface area contributed by atoms with E-state index in [2.05, 4.69) is 19.1 Å². The first-order valence-corrected chi connectivity index (χ1v) is 10.4. The molecule has 2 fully saturated rings. The summed E-state index contributed by atoms with van der Waals surface area (Å²) < 4.78 is 0. The van der Waals surface area contributed by atoms with E-state index in [-0.39, 0.29) is 0 Å². The van der Waals surface area contributed by atoms with E-state index in [1.807, 2.05) is 13.8 Å². The second kappa shape index (κ2) is 7.93. The van der Waals surface area contributed by atoms with E-state index in [0.717, 1.165) is 34.8 Å². The predicted molar refractivity (Wildman–Crippen MR) is 103 cm³/mol. The van der Waals surface area contributed by atoms with Crippen LogP contribution in [0.1, 0.15) is 93.7 Å². The molecular formula is C23H36O. The molecule has 24 heavy (non-hydrogen) atoms. The van der Waals surface area contributed by atoms with Crippen LogP contribution in [0, 0.1) is 31.6 Å². The Kier molecular flexibility index (Phi) is 5.89. The summed E-state index contributed by atoms with van der Waals surface area (Å²) in [5.74, 6) is 4.24. The lowest BCUT2D eigenvalue weighted by Crippen LogP contribution is -2.25. The summed E-state index contributed by atoms with van der Waals surface area (Å²) in [6, 6.07) is 4.45. The molecule has 0 amide bonds. The second-order valence-electron chi connectivity index (χ2n) is 8.68. The van der Waals surface area contributed by atoms with Crippen molar-refractivity contribution in [3.8, 4) is 5.75 Å². The van der Waals surface area contributed by atoms with Crippen molar-refractivity contribution in [2.45, 2.75) is 90.9 Å². The molecule has 1 nitrogen and oxygen atoms in total. The highest BCUT2D eigenvalue weighted by Crippen LogP contribution is 2.45. The zero-order valence-corrected chi connectivity index (χ0v) is 16.0. The molecule has 0 unspecified atom stereocenters. The Labute approximate surface area is 148 Å². The van der Waals surface area contributed by atoms with E-state index >= 15 is 0 Å². The maximum atomic E-state index is 10.0. The van der Waals surface area contributed by atoms with E-state index in [9.17, 15) is 5.11 Å². The highest BCUT2D eigenvalue weighted by atomic mass is 16.3. The van der Waals surface area contributed by atoms with Gasteiger partial charge in [-0.1, -0.05) is 44.7 Å². The first kappa shape index (κ1) is 17.8. The molecular weight excluding hydrogens is 292 g/mol. The highest BCUT2D eigenvalue weighted by Gasteiger charge is 2.31. The van der Waals surface area contributed by atoms with Gasteiger partial charge in [0.2, 0.25) is 0 Å². The fourth-order valence-corrected chi connectivity index (χ4v) is 5.51. The van der Waals surface area contributed by atoms with E-state index < -0.39 is 0 Å². The fourth-order valence-electron chi connectivity index (χ4n) is 5.51. The minimum absolute atomic E-state index is 0.483. The molecule has 1 heteroatoms. The average Bonchev–Trinajstić information content (AvgIpc) is 2.60. The Balaban J connectivity index is 1.53. The molecule has 0 aromatic heterocycles. The van der Waals surface area contributed by atoms with Crippen molar-refractivity contribution in [3.05, 3.63) is 28.8 Å². The van der Waals surface area contributed by atoms with Gasteiger partial charge in [-0.15, -0.1) is 0 Å². The zero-order chi connectivity index (χ0) is 17.1. The van der Waals surface area contributed by atoms with Crippen molar-refractivity contribution in [1.82, 2.24) is 0 Å². The molecule has 0 saturated heterocycles. The molecule has 1 N–H and O–H groups in total. The maximum Gasteiger partial charge on any atom is 0.121 e. The third-order valence-electron chi connectivity index (χ3n) is 7.01. The number of aromatic hydroxyl groups is 1. The minimum Gasteiger partial charge on any atom is -0.507 e. The van der Waals surface area contributed by atoms with Crippen molar-refractivity contribution in [2.24, 2.45) is 17.8 Å². The smallest absolute Gasteiger partial charge is 0.121 e. The molecule has 3 rings (SSSR count). The van der Waals surface area contributed by atoms with Gasteiger partial charge in [-0.2, -0.15) is 0 Å². The normalized spacial score (nSPS) is 31.1. The molecule has 2 saturated carbocycles. The Morgan fingerprint density at radius 3 is 1.83 bits per heavy atom. The largest absolute Gasteiger partial charge is 0.507 e. The molecule has 0 heterocycles. The summed E-state index contributed by atoms with van der Waals surface area (Å²) in [6.45, 7) is 6.40. The van der Waals surface area contributed by atoms with Crippen molar-refractivity contribution in [1.29, 1.82) is 0 Å². The summed E-state index contributed by atoms with van der Waals surface area (Å²) in [4.78, 5) is 0. The summed E-state index contributed by atoms with van der Waals surface area (Å²) in [7, 11) is 0. The van der Waals surface area contributed by atoms with E-state index in [0.29, 0.717) is 5.75 Å². The number of phenolic OH excluding ortho intramolecular Hbond substituents is 1. The van der Waals surface area contributed by atoms with Gasteiger partial charge in [-0.05, 0) is 92.7 Å². The predicted octanol–water partition coefficient (Wildman–Crippen LogP) is 6.89. The molecule has 0 radical (unpaired) electrons. The van der Waals surface area contributed by atoms with Crippen molar-refractivity contribution in [3.63, 3.8) is 0 Å². The lowest BCUT2D eigenvalue weighted by Gasteiger charge is -2.38. The van der Waals surface area contributed by atoms with Gasteiger partial charge in [0, 0.05) is 0 Å². The highest BCUT2D eigenvalue weighted by molar-refractivity contribution is 5.43. The van der Waals surface area contributed by atoms with Gasteiger partial charge < -0.3 is 5.11 Å². The number of hydrogen-bond acceptors (Lipinski definition) is 1. The molecule has 134 valence electrons. The summed E-state index contributed by atoms with van der Waals surface area (Å²) >= 11 is 0. The maximum absolute atomic E-state index is 10.0. The SMILES string of the molecule is CCCC1CCC(C2CCC(c3cc(C)c(O)c(C)c3)CC2)CC1. The molecule has 1 aromatic carbocycles. The molecule has 0 aliphatic heterocycles. The van der Waals surface area contributed by atoms with E-state index in [1.165, 1.54) is 69.8 Å². The quantitative estimate of drug-likeness (QED) is 0.638. The summed E-state index contributed by atoms with van der Waals surface area (Å²) in [5, 5.41) is 10.0. The Bertz CT molecular complexity index is 508. The van der Waals surface area contributed by atoms with Gasteiger partial charge in [0.05, 0.1) is 0 Å². The fraction of sp³-hybridized carbons (Fsp3) is 0.739. The van der Waals surface area contributed by atoms with Gasteiger partial charge in [0.25, 0.3) is 0 Å². The minimum atomic E-state index is 0.483. The number of phenols is 1. The Morgan fingerprint density at radius 1 is 0.833 bits per heavy atom. The van der Waals surface area contributed by atoms with Gasteiger partial charge in [-0.25, -0.2) is 0 Å². The van der Waals surface area contributed by atoms with Crippen LogP contribution >= 0.6 is 0 Å². The monoisotopic (exact) mass is 328 g/mol. The molecule has 2 aliphatic rings. The van der Waals surface area contributed by atoms with Crippen molar-refractivity contribution >= 4 is 0 Å². The zero-order valence-electron chi connectivity index (χ0n) is 16.0. The van der Waals surface area contributed by atoms with Crippen LogP contribution in [0.25, 0.3) is 0 Å². The third kappa shape index (κ3) is 3.98. The van der Waals surface area contributed by atoms with Crippen LogP contribution in [-0.4, -0.2) is 5.11 Å². The third-order valence-corrected chi connectivity index (χ3v) is 7.01. The average molecular weight is 329 g/mol. The second-order valence-corrected chi connectivity index (χ2v) is 8.68. The first-order valence-electron chi connectivity index (χ1n) is 10.4. The molecule has 0 spiro atoms. The molecule has 0 atom stereocenters. The number of aryl methyl sites for hydroxylation is 2. The van der Waals surface area contributed by atoms with Gasteiger partial charge in [-0.3, -0.25) is 0 Å². The summed E-state index contributed by atoms with van der Waals surface area (Å²) in [6.07, 6.45) is 14.4. The summed E-state index contributed by atoms with van der Waals surface area (Å²) in [5.41, 5.74) is 3.55. The van der Waals surface area contributed by atoms with Gasteiger partial charge in [0.1, 0.15) is 5.75 Å². The number of hydrogen-bond donors (Lipinski definition) is 1. The topological polar surface area (TPSA) is 20.2 Å². The van der Waals surface area contributed by atoms with Crippen LogP contribution in [0.3, 0.4) is 0 Å². The van der Waals surface area contributed by atoms with E-state index in [4.69, 9.17) is 0 Å². The van der Waals surface area contributed by atoms with E-state index in [1.54, 1.807) is 0 Å². The van der Waals surface area contributed by atoms with Crippen LogP contribution in [0.2, 0.25) is 0 Å². The van der Waals surface area contributed by atoms with Crippen LogP contribution in [0.4, 0.5) is 0 Å². The molecule has 2 aliphatic carbocycles. The number of rotatable bonds is 4. The van der Waals surface area contributed by atoms with Crippen molar-refractivity contribution < 1.29 is 5.11 Å². The number of benzene rings is 1. The van der Waals surface area contributed by atoms with Crippen LogP contribution in [0.15, 0.2) is 12.1 Å². The molecule has 1 aromatic rings. The van der Waals surface area contributed by atoms with Gasteiger partial charge >= 0.3 is 0 Å². The van der Waals surface area contributed by atoms with Crippen LogP contribution < -0.4 is 0 Å². The molecule has 0 bridgehead atoms. The van der Waals surface area contributed by atoms with Crippen molar-refractivity contribution in [2.75, 3.05) is 0 Å². The first-order chi connectivity index (χ1) is 11.6. The Morgan fingerprint density at radius 2 is 1.33 bits per heavy atom. The van der Waals surface area contributed by atoms with Crippen LogP contribution in [0.5, 0.6) is 5.75 Å². The lowest BCUT2D eigenvalue weighted by atomic mass is 9.68. The van der Waals surface area contributed by atoms with Gasteiger partial charge in [0.15, 0.2) is 0 Å². The standard InChI is InChI=1S/C23H36O/c1-4-5-18-6-8-19(9-7-18)20-10-12-21(13-11-20)22-14-16(2)23(24)17(3)15-22/h14-15,18-21,24H,4-13H2,1-3H3.